The fourth-order valence-electron chi connectivity index (χ4n) is 1.58. The van der Waals surface area contributed by atoms with Gasteiger partial charge < -0.3 is 15.0 Å². The molecular formula is C15H22N2O3. The summed E-state index contributed by atoms with van der Waals surface area (Å²) in [6.07, 6.45) is 0. The van der Waals surface area contributed by atoms with E-state index in [1.165, 1.54) is 4.90 Å². The third kappa shape index (κ3) is 4.91. The van der Waals surface area contributed by atoms with Crippen molar-refractivity contribution in [1.82, 2.24) is 10.2 Å². The van der Waals surface area contributed by atoms with E-state index < -0.39 is 12.0 Å². The van der Waals surface area contributed by atoms with Gasteiger partial charge in [0.05, 0.1) is 0 Å². The summed E-state index contributed by atoms with van der Waals surface area (Å²) in [5, 5.41) is 2.66. The molecule has 1 unspecified atom stereocenters. The molecule has 0 heterocycles. The molecule has 1 aromatic carbocycles. The lowest BCUT2D eigenvalue weighted by atomic mass is 10.1. The number of carbonyl (C=O) groups is 2. The number of ether oxygens (including phenoxy) is 1. The second-order valence-corrected chi connectivity index (χ2v) is 5.16. The van der Waals surface area contributed by atoms with Crippen molar-refractivity contribution < 1.29 is 14.3 Å². The Morgan fingerprint density at radius 3 is 2.30 bits per heavy atom. The van der Waals surface area contributed by atoms with E-state index in [1.54, 1.807) is 14.1 Å². The molecule has 2 amide bonds. The lowest BCUT2D eigenvalue weighted by Crippen LogP contribution is -2.48. The summed E-state index contributed by atoms with van der Waals surface area (Å²) in [6, 6.07) is 8.49. The summed E-state index contributed by atoms with van der Waals surface area (Å²) in [4.78, 5) is 25.1. The summed E-state index contributed by atoms with van der Waals surface area (Å²) in [6.45, 7) is 3.94. The number of rotatable bonds is 5. The molecule has 20 heavy (non-hydrogen) atoms. The third-order valence-electron chi connectivity index (χ3n) is 2.83. The van der Waals surface area contributed by atoms with Crippen LogP contribution in [0.25, 0.3) is 0 Å². The number of amides is 2. The van der Waals surface area contributed by atoms with E-state index in [9.17, 15) is 9.59 Å². The number of benzene rings is 1. The van der Waals surface area contributed by atoms with Crippen LogP contribution in [0.2, 0.25) is 0 Å². The van der Waals surface area contributed by atoms with Gasteiger partial charge in [-0.3, -0.25) is 0 Å². The molecule has 1 aromatic rings. The van der Waals surface area contributed by atoms with Crippen molar-refractivity contribution in [3.05, 3.63) is 35.9 Å². The molecule has 110 valence electrons. The van der Waals surface area contributed by atoms with Crippen molar-refractivity contribution in [3.63, 3.8) is 0 Å². The Labute approximate surface area is 119 Å². The van der Waals surface area contributed by atoms with Crippen molar-refractivity contribution in [2.24, 2.45) is 5.92 Å². The Hall–Kier alpha value is -2.04. The Balaban J connectivity index is 2.58. The van der Waals surface area contributed by atoms with Gasteiger partial charge >= 0.3 is 12.0 Å². The highest BCUT2D eigenvalue weighted by molar-refractivity contribution is 5.83. The van der Waals surface area contributed by atoms with Crippen molar-refractivity contribution in [2.45, 2.75) is 26.5 Å². The molecule has 0 saturated carbocycles. The molecule has 5 nitrogen and oxygen atoms in total. The highest BCUT2D eigenvalue weighted by Crippen LogP contribution is 2.07. The van der Waals surface area contributed by atoms with Crippen LogP contribution >= 0.6 is 0 Å². The standard InChI is InChI=1S/C15H22N2O3/c1-11(2)13(16-15(19)17(3)4)14(18)20-10-12-8-6-5-7-9-12/h5-9,11,13H,10H2,1-4H3,(H,16,19). The summed E-state index contributed by atoms with van der Waals surface area (Å²) < 4.78 is 5.26. The van der Waals surface area contributed by atoms with Crippen molar-refractivity contribution >= 4 is 12.0 Å². The molecule has 0 fully saturated rings. The molecule has 0 aromatic heterocycles. The first-order valence-electron chi connectivity index (χ1n) is 6.60. The van der Waals surface area contributed by atoms with Gasteiger partial charge in [-0.2, -0.15) is 0 Å². The van der Waals surface area contributed by atoms with Gasteiger partial charge in [0.15, 0.2) is 0 Å². The lowest BCUT2D eigenvalue weighted by Gasteiger charge is -2.23. The average Bonchev–Trinajstić information content (AvgIpc) is 2.42. The predicted molar refractivity (Wildman–Crippen MR) is 77.1 cm³/mol. The van der Waals surface area contributed by atoms with Crippen molar-refractivity contribution in [1.29, 1.82) is 0 Å². The summed E-state index contributed by atoms with van der Waals surface area (Å²) >= 11 is 0. The minimum atomic E-state index is -0.645. The van der Waals surface area contributed by atoms with Gasteiger partial charge in [-0.1, -0.05) is 44.2 Å². The average molecular weight is 278 g/mol. The van der Waals surface area contributed by atoms with Crippen LogP contribution in [0, 0.1) is 5.92 Å². The molecule has 0 aliphatic rings. The maximum absolute atomic E-state index is 12.1. The normalized spacial score (nSPS) is 11.8. The number of hydrogen-bond acceptors (Lipinski definition) is 3. The smallest absolute Gasteiger partial charge is 0.329 e. The van der Waals surface area contributed by atoms with E-state index in [4.69, 9.17) is 4.74 Å². The van der Waals surface area contributed by atoms with Gasteiger partial charge in [0.2, 0.25) is 0 Å². The van der Waals surface area contributed by atoms with Crippen LogP contribution in [0.4, 0.5) is 4.79 Å². The minimum Gasteiger partial charge on any atom is -0.459 e. The largest absolute Gasteiger partial charge is 0.459 e. The number of carbonyl (C=O) groups excluding carboxylic acids is 2. The van der Waals surface area contributed by atoms with Gasteiger partial charge in [-0.05, 0) is 11.5 Å². The molecular weight excluding hydrogens is 256 g/mol. The molecule has 0 bridgehead atoms. The molecule has 5 heteroatoms. The van der Waals surface area contributed by atoms with Crippen LogP contribution in [0.5, 0.6) is 0 Å². The highest BCUT2D eigenvalue weighted by atomic mass is 16.5. The first-order valence-corrected chi connectivity index (χ1v) is 6.60. The van der Waals surface area contributed by atoms with Crippen LogP contribution in [0.3, 0.4) is 0 Å². The van der Waals surface area contributed by atoms with Gasteiger partial charge in [0, 0.05) is 14.1 Å². The number of esters is 1. The topological polar surface area (TPSA) is 58.6 Å². The number of hydrogen-bond donors (Lipinski definition) is 1. The molecule has 0 spiro atoms. The Kier molecular flexibility index (Phi) is 6.03. The Morgan fingerprint density at radius 2 is 1.80 bits per heavy atom. The van der Waals surface area contributed by atoms with Gasteiger partial charge in [0.1, 0.15) is 12.6 Å². The summed E-state index contributed by atoms with van der Waals surface area (Å²) in [7, 11) is 3.25. The molecule has 0 aliphatic carbocycles. The van der Waals surface area contributed by atoms with Crippen LogP contribution in [-0.4, -0.2) is 37.0 Å². The van der Waals surface area contributed by atoms with E-state index >= 15 is 0 Å². The van der Waals surface area contributed by atoms with Crippen LogP contribution in [0.1, 0.15) is 19.4 Å². The van der Waals surface area contributed by atoms with E-state index in [-0.39, 0.29) is 18.6 Å². The van der Waals surface area contributed by atoms with Crippen LogP contribution < -0.4 is 5.32 Å². The van der Waals surface area contributed by atoms with Gasteiger partial charge in [0.25, 0.3) is 0 Å². The summed E-state index contributed by atoms with van der Waals surface area (Å²) in [5.41, 5.74) is 0.919. The van der Waals surface area contributed by atoms with E-state index in [0.717, 1.165) is 5.56 Å². The second-order valence-electron chi connectivity index (χ2n) is 5.16. The van der Waals surface area contributed by atoms with Gasteiger partial charge in [-0.15, -0.1) is 0 Å². The zero-order chi connectivity index (χ0) is 15.1. The van der Waals surface area contributed by atoms with Crippen molar-refractivity contribution in [3.8, 4) is 0 Å². The number of urea groups is 1. The molecule has 1 rings (SSSR count). The highest BCUT2D eigenvalue weighted by Gasteiger charge is 2.26. The number of nitrogens with zero attached hydrogens (tertiary/aromatic N) is 1. The zero-order valence-electron chi connectivity index (χ0n) is 12.4. The molecule has 0 radical (unpaired) electrons. The quantitative estimate of drug-likeness (QED) is 0.838. The van der Waals surface area contributed by atoms with E-state index in [1.807, 2.05) is 44.2 Å². The van der Waals surface area contributed by atoms with Gasteiger partial charge in [-0.25, -0.2) is 9.59 Å². The van der Waals surface area contributed by atoms with Crippen molar-refractivity contribution in [2.75, 3.05) is 14.1 Å². The zero-order valence-corrected chi connectivity index (χ0v) is 12.4. The van der Waals surface area contributed by atoms with E-state index in [0.29, 0.717) is 0 Å². The summed E-state index contributed by atoms with van der Waals surface area (Å²) in [5.74, 6) is -0.457. The molecule has 1 atom stereocenters. The predicted octanol–water partition coefficient (Wildman–Crippen LogP) is 2.03. The van der Waals surface area contributed by atoms with Crippen LogP contribution in [-0.2, 0) is 16.1 Å². The SMILES string of the molecule is CC(C)C(NC(=O)N(C)C)C(=O)OCc1ccccc1. The third-order valence-corrected chi connectivity index (χ3v) is 2.83. The lowest BCUT2D eigenvalue weighted by molar-refractivity contribution is -0.148. The van der Waals surface area contributed by atoms with Crippen LogP contribution in [0.15, 0.2) is 30.3 Å². The molecule has 0 saturated heterocycles. The Bertz CT molecular complexity index is 444. The second kappa shape index (κ2) is 7.53. The first kappa shape index (κ1) is 16.0. The number of nitrogens with one attached hydrogen (secondary N) is 1. The minimum absolute atomic E-state index is 0.0397. The molecule has 1 N–H and O–H groups in total. The fourth-order valence-corrected chi connectivity index (χ4v) is 1.58. The Morgan fingerprint density at radius 1 is 1.20 bits per heavy atom. The monoisotopic (exact) mass is 278 g/mol. The maximum Gasteiger partial charge on any atom is 0.329 e. The maximum atomic E-state index is 12.1. The first-order chi connectivity index (χ1) is 9.41. The van der Waals surface area contributed by atoms with E-state index in [2.05, 4.69) is 5.32 Å². The fraction of sp³-hybridized carbons (Fsp3) is 0.467. The molecule has 0 aliphatic heterocycles.